The molecule has 1 unspecified atom stereocenters. The number of hydrogen-bond donors (Lipinski definition) is 1. The fourth-order valence-electron chi connectivity index (χ4n) is 2.87. The van der Waals surface area contributed by atoms with Crippen molar-refractivity contribution in [2.24, 2.45) is 0 Å². The lowest BCUT2D eigenvalue weighted by Crippen LogP contribution is -2.39. The summed E-state index contributed by atoms with van der Waals surface area (Å²) in [5, 5.41) is 10.4. The zero-order valence-electron chi connectivity index (χ0n) is 12.2. The smallest absolute Gasteiger partial charge is 0.0919 e. The number of methoxy groups -OCH3 is 1. The van der Waals surface area contributed by atoms with E-state index in [1.807, 2.05) is 0 Å². The second-order valence-corrected chi connectivity index (χ2v) is 5.61. The van der Waals surface area contributed by atoms with Crippen molar-refractivity contribution in [1.29, 1.82) is 0 Å². The summed E-state index contributed by atoms with van der Waals surface area (Å²) in [6, 6.07) is 6.26. The van der Waals surface area contributed by atoms with Gasteiger partial charge in [-0.1, -0.05) is 23.8 Å². The third-order valence-corrected chi connectivity index (χ3v) is 4.08. The van der Waals surface area contributed by atoms with Crippen LogP contribution in [0.25, 0.3) is 0 Å². The van der Waals surface area contributed by atoms with Gasteiger partial charge in [-0.2, -0.15) is 0 Å². The van der Waals surface area contributed by atoms with Gasteiger partial charge in [-0.25, -0.2) is 0 Å². The van der Waals surface area contributed by atoms with Gasteiger partial charge in [0.25, 0.3) is 0 Å². The van der Waals surface area contributed by atoms with Crippen molar-refractivity contribution in [3.05, 3.63) is 34.9 Å². The molecule has 106 valence electrons. The van der Waals surface area contributed by atoms with Gasteiger partial charge in [0, 0.05) is 26.7 Å². The van der Waals surface area contributed by atoms with Crippen molar-refractivity contribution in [2.75, 3.05) is 26.7 Å². The number of aliphatic hydroxyl groups is 1. The van der Waals surface area contributed by atoms with E-state index in [1.165, 1.54) is 11.1 Å². The molecule has 1 heterocycles. The zero-order valence-corrected chi connectivity index (χ0v) is 12.2. The van der Waals surface area contributed by atoms with Crippen LogP contribution in [-0.4, -0.2) is 42.9 Å². The highest BCUT2D eigenvalue weighted by Gasteiger charge is 2.21. The van der Waals surface area contributed by atoms with Gasteiger partial charge in [0.1, 0.15) is 0 Å². The molecule has 0 radical (unpaired) electrons. The van der Waals surface area contributed by atoms with E-state index in [1.54, 1.807) is 7.11 Å². The molecule has 1 atom stereocenters. The largest absolute Gasteiger partial charge is 0.387 e. The number of nitrogens with zero attached hydrogens (tertiary/aromatic N) is 1. The Morgan fingerprint density at radius 2 is 2.00 bits per heavy atom. The third-order valence-electron chi connectivity index (χ3n) is 4.08. The Morgan fingerprint density at radius 1 is 1.32 bits per heavy atom. The standard InChI is InChI=1S/C16H25NO2/c1-12-4-5-15(13(2)10-12)16(18)11-17-8-6-14(19-3)7-9-17/h4-5,10,14,16,18H,6-9,11H2,1-3H3. The number of benzene rings is 1. The molecule has 1 aliphatic rings. The molecule has 0 amide bonds. The molecule has 3 heteroatoms. The van der Waals surface area contributed by atoms with E-state index >= 15 is 0 Å². The number of β-amino-alcohol motifs (C(OH)–C–C–N with tert-alkyl or cyclic N) is 1. The van der Waals surface area contributed by atoms with Crippen LogP contribution in [0.3, 0.4) is 0 Å². The van der Waals surface area contributed by atoms with E-state index in [9.17, 15) is 5.11 Å². The molecule has 0 spiro atoms. The second kappa shape index (κ2) is 6.51. The van der Waals surface area contributed by atoms with Crippen LogP contribution < -0.4 is 0 Å². The van der Waals surface area contributed by atoms with Crippen molar-refractivity contribution >= 4 is 0 Å². The number of rotatable bonds is 4. The van der Waals surface area contributed by atoms with E-state index in [0.29, 0.717) is 6.10 Å². The Morgan fingerprint density at radius 3 is 2.58 bits per heavy atom. The van der Waals surface area contributed by atoms with Crippen LogP contribution in [0.1, 0.15) is 35.6 Å². The number of likely N-dealkylation sites (tertiary alicyclic amines) is 1. The first-order valence-electron chi connectivity index (χ1n) is 7.10. The molecule has 1 aromatic carbocycles. The van der Waals surface area contributed by atoms with Gasteiger partial charge in [0.2, 0.25) is 0 Å². The van der Waals surface area contributed by atoms with Gasteiger partial charge in [-0.15, -0.1) is 0 Å². The van der Waals surface area contributed by atoms with Crippen molar-refractivity contribution in [2.45, 2.75) is 38.9 Å². The van der Waals surface area contributed by atoms with E-state index in [2.05, 4.69) is 36.9 Å². The molecule has 1 N–H and O–H groups in total. The highest BCUT2D eigenvalue weighted by atomic mass is 16.5. The number of hydrogen-bond acceptors (Lipinski definition) is 3. The van der Waals surface area contributed by atoms with Gasteiger partial charge >= 0.3 is 0 Å². The summed E-state index contributed by atoms with van der Waals surface area (Å²) in [6.07, 6.45) is 2.14. The topological polar surface area (TPSA) is 32.7 Å². The molecule has 1 saturated heterocycles. The van der Waals surface area contributed by atoms with Gasteiger partial charge in [-0.05, 0) is 37.8 Å². The summed E-state index contributed by atoms with van der Waals surface area (Å²) in [4.78, 5) is 2.33. The summed E-state index contributed by atoms with van der Waals surface area (Å²) in [5.41, 5.74) is 3.48. The normalized spacial score (nSPS) is 19.6. The van der Waals surface area contributed by atoms with Crippen LogP contribution in [0.4, 0.5) is 0 Å². The molecule has 19 heavy (non-hydrogen) atoms. The molecule has 0 bridgehead atoms. The van der Waals surface area contributed by atoms with Crippen LogP contribution in [0, 0.1) is 13.8 Å². The average Bonchev–Trinajstić information content (AvgIpc) is 2.39. The highest BCUT2D eigenvalue weighted by molar-refractivity contribution is 5.32. The quantitative estimate of drug-likeness (QED) is 0.905. The van der Waals surface area contributed by atoms with Gasteiger partial charge < -0.3 is 14.7 Å². The monoisotopic (exact) mass is 263 g/mol. The van der Waals surface area contributed by atoms with E-state index in [4.69, 9.17) is 4.74 Å². The first-order chi connectivity index (χ1) is 9.10. The minimum Gasteiger partial charge on any atom is -0.387 e. The van der Waals surface area contributed by atoms with Crippen LogP contribution in [0.5, 0.6) is 0 Å². The highest BCUT2D eigenvalue weighted by Crippen LogP contribution is 2.22. The lowest BCUT2D eigenvalue weighted by atomic mass is 10.00. The van der Waals surface area contributed by atoms with Crippen LogP contribution in [-0.2, 0) is 4.74 Å². The maximum atomic E-state index is 10.4. The molecule has 1 aromatic rings. The fourth-order valence-corrected chi connectivity index (χ4v) is 2.87. The van der Waals surface area contributed by atoms with Crippen molar-refractivity contribution < 1.29 is 9.84 Å². The average molecular weight is 263 g/mol. The first-order valence-corrected chi connectivity index (χ1v) is 7.10. The number of aliphatic hydroxyl groups excluding tert-OH is 1. The third kappa shape index (κ3) is 3.78. The van der Waals surface area contributed by atoms with Crippen LogP contribution in [0.15, 0.2) is 18.2 Å². The van der Waals surface area contributed by atoms with E-state index in [0.717, 1.165) is 38.0 Å². The molecule has 3 nitrogen and oxygen atoms in total. The van der Waals surface area contributed by atoms with E-state index < -0.39 is 0 Å². The van der Waals surface area contributed by atoms with Crippen molar-refractivity contribution in [3.8, 4) is 0 Å². The summed E-state index contributed by atoms with van der Waals surface area (Å²) in [5.74, 6) is 0. The Labute approximate surface area is 116 Å². The minimum atomic E-state index is -0.389. The molecule has 1 fully saturated rings. The molecule has 1 aliphatic heterocycles. The SMILES string of the molecule is COC1CCN(CC(O)c2ccc(C)cc2C)CC1. The Hall–Kier alpha value is -0.900. The molecular weight excluding hydrogens is 238 g/mol. The fraction of sp³-hybridized carbons (Fsp3) is 0.625. The maximum Gasteiger partial charge on any atom is 0.0919 e. The zero-order chi connectivity index (χ0) is 13.8. The number of piperidine rings is 1. The summed E-state index contributed by atoms with van der Waals surface area (Å²) in [7, 11) is 1.78. The Kier molecular flexibility index (Phi) is 4.97. The van der Waals surface area contributed by atoms with Gasteiger partial charge in [-0.3, -0.25) is 0 Å². The minimum absolute atomic E-state index is 0.389. The Balaban J connectivity index is 1.92. The summed E-state index contributed by atoms with van der Waals surface area (Å²) >= 11 is 0. The number of aryl methyl sites for hydroxylation is 2. The second-order valence-electron chi connectivity index (χ2n) is 5.61. The lowest BCUT2D eigenvalue weighted by molar-refractivity contribution is 0.0241. The van der Waals surface area contributed by atoms with Crippen molar-refractivity contribution in [1.82, 2.24) is 4.90 Å². The van der Waals surface area contributed by atoms with Gasteiger partial charge in [0.15, 0.2) is 0 Å². The van der Waals surface area contributed by atoms with E-state index in [-0.39, 0.29) is 6.10 Å². The Bertz CT molecular complexity index is 411. The van der Waals surface area contributed by atoms with Crippen LogP contribution in [0.2, 0.25) is 0 Å². The lowest BCUT2D eigenvalue weighted by Gasteiger charge is -2.32. The molecule has 0 saturated carbocycles. The molecule has 0 aromatic heterocycles. The van der Waals surface area contributed by atoms with Crippen molar-refractivity contribution in [3.63, 3.8) is 0 Å². The maximum absolute atomic E-state index is 10.4. The van der Waals surface area contributed by atoms with Gasteiger partial charge in [0.05, 0.1) is 12.2 Å². The first kappa shape index (κ1) is 14.5. The predicted molar refractivity (Wildman–Crippen MR) is 77.3 cm³/mol. The number of ether oxygens (including phenoxy) is 1. The molecule has 2 rings (SSSR count). The summed E-state index contributed by atoms with van der Waals surface area (Å²) < 4.78 is 5.37. The summed E-state index contributed by atoms with van der Waals surface area (Å²) in [6.45, 7) is 6.91. The molecular formula is C16H25NO2. The van der Waals surface area contributed by atoms with Crippen LogP contribution >= 0.6 is 0 Å². The predicted octanol–water partition coefficient (Wildman–Crippen LogP) is 2.45. The molecule has 0 aliphatic carbocycles.